The quantitative estimate of drug-likeness (QED) is 0.0180. The number of ketones is 1. The number of fused-ring (bicyclic) bond motifs is 4. The number of aliphatic imine (C=N–C) groups is 2. The summed E-state index contributed by atoms with van der Waals surface area (Å²) in [6.07, 6.45) is 12.8. The van der Waals surface area contributed by atoms with Gasteiger partial charge < -0.3 is 77.3 Å². The number of nitrogens with zero attached hydrogens (tertiary/aromatic N) is 5. The molecule has 0 unspecified atom stereocenters. The van der Waals surface area contributed by atoms with Crippen molar-refractivity contribution in [2.45, 2.75) is 131 Å². The molecule has 0 bridgehead atoms. The average molecular weight is 1520 g/mol. The molecule has 2 N–H and O–H groups in total. The van der Waals surface area contributed by atoms with Crippen LogP contribution in [0.15, 0.2) is 112 Å². The summed E-state index contributed by atoms with van der Waals surface area (Å²) in [5, 5.41) is 5.62. The van der Waals surface area contributed by atoms with Gasteiger partial charge in [0.05, 0.1) is 153 Å². The number of ether oxygens (including phenoxy) is 12. The van der Waals surface area contributed by atoms with Crippen LogP contribution in [0.4, 0.5) is 11.4 Å². The number of rotatable bonds is 48. The Morgan fingerprint density at radius 2 is 1.06 bits per heavy atom. The highest BCUT2D eigenvalue weighted by Gasteiger charge is 2.34. The molecule has 4 aromatic rings. The molecule has 0 aliphatic carbocycles. The van der Waals surface area contributed by atoms with E-state index in [2.05, 4.69) is 22.5 Å². The van der Waals surface area contributed by atoms with Crippen molar-refractivity contribution in [3.8, 4) is 29.1 Å². The Hall–Kier alpha value is -9.76. The smallest absolute Gasteiger partial charge is 0.307 e. The van der Waals surface area contributed by atoms with Gasteiger partial charge in [0, 0.05) is 99.6 Å². The molecular formula is C83H103N7O20. The minimum absolute atomic E-state index is 0.0320. The molecular weight excluding hydrogens is 1410 g/mol. The predicted molar refractivity (Wildman–Crippen MR) is 409 cm³/mol. The first-order valence-electron chi connectivity index (χ1n) is 37.6. The molecule has 0 saturated carbocycles. The van der Waals surface area contributed by atoms with Gasteiger partial charge in [0.1, 0.15) is 25.6 Å². The SMILES string of the molecule is COc1cc2c(cc1OCc1cc(C#CCCC(=O)OCc3ccc(CC(=O)[C@H](C)NC(=O)[C@@H](CCCOCCOCCOCCOCCOCCOCCOCCOCCNC(=O)CCN4C(=O)C=CC4=O)C(C)C)cc3)cc(COc3cc4c(cc3C)C(=O)N3C=C(C)C[C@H]3C=N4)c1)N=C[C@@H]1CC(C)=CN1C2=O. The number of hydrogen-bond donors (Lipinski definition) is 2. The second-order valence-corrected chi connectivity index (χ2v) is 27.6. The van der Waals surface area contributed by atoms with Crippen LogP contribution in [-0.4, -0.2) is 218 Å². The third kappa shape index (κ3) is 26.5. The number of methoxy groups -OCH3 is 1. The van der Waals surface area contributed by atoms with Gasteiger partial charge in [-0.1, -0.05) is 61.1 Å². The molecule has 6 amide bonds. The van der Waals surface area contributed by atoms with Crippen LogP contribution in [0.5, 0.6) is 17.2 Å². The Kier molecular flexibility index (Phi) is 33.8. The van der Waals surface area contributed by atoms with Crippen molar-refractivity contribution in [1.82, 2.24) is 25.3 Å². The molecule has 27 nitrogen and oxygen atoms in total. The van der Waals surface area contributed by atoms with E-state index in [1.807, 2.05) is 102 Å². The van der Waals surface area contributed by atoms with E-state index in [0.717, 1.165) is 50.3 Å². The van der Waals surface area contributed by atoms with E-state index in [-0.39, 0.29) is 105 Å². The molecule has 5 aliphatic rings. The van der Waals surface area contributed by atoms with Crippen LogP contribution in [-0.2, 0) is 97.6 Å². The number of aryl methyl sites for hydroxylation is 1. The van der Waals surface area contributed by atoms with Gasteiger partial charge in [-0.3, -0.25) is 53.2 Å². The highest BCUT2D eigenvalue weighted by atomic mass is 16.6. The maximum absolute atomic E-state index is 13.7. The Bertz CT molecular complexity index is 4040. The number of imide groups is 1. The van der Waals surface area contributed by atoms with Crippen LogP contribution in [0.2, 0.25) is 0 Å². The minimum Gasteiger partial charge on any atom is -0.493 e. The molecule has 0 saturated heterocycles. The van der Waals surface area contributed by atoms with E-state index in [4.69, 9.17) is 66.8 Å². The normalized spacial score (nSPS) is 16.0. The van der Waals surface area contributed by atoms with Gasteiger partial charge >= 0.3 is 5.97 Å². The summed E-state index contributed by atoms with van der Waals surface area (Å²) in [4.78, 5) is 116. The summed E-state index contributed by atoms with van der Waals surface area (Å²) in [7, 11) is 1.52. The Morgan fingerprint density at radius 1 is 0.564 bits per heavy atom. The fourth-order valence-electron chi connectivity index (χ4n) is 12.5. The molecule has 0 spiro atoms. The van der Waals surface area contributed by atoms with Crippen LogP contribution < -0.4 is 24.8 Å². The summed E-state index contributed by atoms with van der Waals surface area (Å²) in [5.41, 5.74) is 8.64. The number of carbonyl (C=O) groups is 8. The standard InChI is InChI=1S/C83H103N7O20/c1-56(2)68(12-10-23-100-25-27-102-29-31-104-33-35-106-37-38-107-36-34-105-32-30-103-28-26-101-24-21-84-77(92)20-22-88-78(93)18-19-79(88)94)81(96)87-60(6)73(91)45-61-14-16-62(17-15-61)53-110-80(95)13-9-8-11-63-42-64(54-108-74-47-71-69(41-59(74)5)82(97)89-51-57(3)39-66(89)49-85-71)44-65(43-63)55-109-76-48-72-70(46-75(76)99-7)83(98)90-52-58(4)40-67(90)50-86-72/h14-19,41-44,46-52,56,60,66-68H,9-10,12-13,20-40,45,53-55H2,1-7H3,(H,84,92)(H,87,96)/t60-,66-,67-,68-/m0/s1. The first-order chi connectivity index (χ1) is 53.3. The first-order valence-corrected chi connectivity index (χ1v) is 37.6. The Morgan fingerprint density at radius 3 is 1.60 bits per heavy atom. The number of amides is 6. The van der Waals surface area contributed by atoms with Crippen molar-refractivity contribution in [2.24, 2.45) is 21.8 Å². The van der Waals surface area contributed by atoms with Crippen LogP contribution in [0.3, 0.4) is 0 Å². The monoisotopic (exact) mass is 1520 g/mol. The summed E-state index contributed by atoms with van der Waals surface area (Å²) in [5.74, 6) is 5.36. The van der Waals surface area contributed by atoms with Crippen molar-refractivity contribution in [2.75, 3.05) is 126 Å². The summed E-state index contributed by atoms with van der Waals surface area (Å²) in [6, 6.07) is 19.0. The van der Waals surface area contributed by atoms with E-state index < -0.39 is 23.8 Å². The number of Topliss-reactive ketones (excluding diaryl/α,β-unsaturated/α-hetero) is 1. The van der Waals surface area contributed by atoms with E-state index >= 15 is 0 Å². The molecule has 27 heteroatoms. The van der Waals surface area contributed by atoms with Gasteiger partial charge in [-0.25, -0.2) is 0 Å². The lowest BCUT2D eigenvalue weighted by Gasteiger charge is -2.22. The zero-order valence-electron chi connectivity index (χ0n) is 64.1. The molecule has 590 valence electrons. The van der Waals surface area contributed by atoms with Crippen molar-refractivity contribution in [1.29, 1.82) is 0 Å². The number of benzene rings is 4. The van der Waals surface area contributed by atoms with Crippen LogP contribution >= 0.6 is 0 Å². The number of nitrogens with one attached hydrogen (secondary N) is 2. The van der Waals surface area contributed by atoms with Crippen molar-refractivity contribution >= 4 is 71.0 Å². The largest absolute Gasteiger partial charge is 0.493 e. The fourth-order valence-corrected chi connectivity index (χ4v) is 12.5. The van der Waals surface area contributed by atoms with Crippen molar-refractivity contribution in [3.05, 3.63) is 147 Å². The molecule has 110 heavy (non-hydrogen) atoms. The predicted octanol–water partition coefficient (Wildman–Crippen LogP) is 8.94. The lowest BCUT2D eigenvalue weighted by Crippen LogP contribution is -2.43. The maximum atomic E-state index is 13.7. The van der Waals surface area contributed by atoms with E-state index in [1.54, 1.807) is 41.1 Å². The number of hydrogen-bond acceptors (Lipinski definition) is 22. The second-order valence-electron chi connectivity index (χ2n) is 27.6. The van der Waals surface area contributed by atoms with Crippen LogP contribution in [0, 0.1) is 30.6 Å². The van der Waals surface area contributed by atoms with Crippen molar-refractivity contribution < 1.29 is 95.2 Å². The lowest BCUT2D eigenvalue weighted by atomic mass is 9.90. The molecule has 4 aromatic carbocycles. The number of esters is 1. The van der Waals surface area contributed by atoms with Gasteiger partial charge in [0.25, 0.3) is 23.6 Å². The van der Waals surface area contributed by atoms with E-state index in [1.165, 1.54) is 19.3 Å². The molecule has 5 aliphatic heterocycles. The topological polar surface area (TPSA) is 306 Å². The lowest BCUT2D eigenvalue weighted by molar-refractivity contribution is -0.145. The van der Waals surface area contributed by atoms with Crippen LogP contribution in [0.25, 0.3) is 0 Å². The Labute approximate surface area is 643 Å². The molecule has 4 atom stereocenters. The first kappa shape index (κ1) is 84.3. The molecule has 9 rings (SSSR count). The molecule has 0 fully saturated rings. The van der Waals surface area contributed by atoms with Gasteiger partial charge in [-0.2, -0.15) is 0 Å². The Balaban J connectivity index is 0.606. The van der Waals surface area contributed by atoms with Gasteiger partial charge in [-0.15, -0.1) is 0 Å². The zero-order valence-corrected chi connectivity index (χ0v) is 64.1. The van der Waals surface area contributed by atoms with Gasteiger partial charge in [-0.05, 0) is 117 Å². The third-order valence-corrected chi connectivity index (χ3v) is 18.5. The van der Waals surface area contributed by atoms with Gasteiger partial charge in [0.2, 0.25) is 11.8 Å². The van der Waals surface area contributed by atoms with Gasteiger partial charge in [0.15, 0.2) is 17.3 Å². The third-order valence-electron chi connectivity index (χ3n) is 18.5. The fraction of sp³-hybridized carbons (Fsp3) is 0.494. The van der Waals surface area contributed by atoms with E-state index in [0.29, 0.717) is 177 Å². The molecule has 0 radical (unpaired) electrons. The second kappa shape index (κ2) is 44.2. The van der Waals surface area contributed by atoms with Crippen molar-refractivity contribution in [3.63, 3.8) is 0 Å². The zero-order chi connectivity index (χ0) is 78.2. The van der Waals surface area contributed by atoms with E-state index in [9.17, 15) is 38.4 Å². The highest BCUT2D eigenvalue weighted by Crippen LogP contribution is 2.40. The summed E-state index contributed by atoms with van der Waals surface area (Å²) >= 11 is 0. The summed E-state index contributed by atoms with van der Waals surface area (Å²) < 4.78 is 68.7. The highest BCUT2D eigenvalue weighted by molar-refractivity contribution is 6.13. The maximum Gasteiger partial charge on any atom is 0.307 e. The average Bonchev–Trinajstić information content (AvgIpc) is 1.61. The number of carbonyl (C=O) groups excluding carboxylic acids is 8. The summed E-state index contributed by atoms with van der Waals surface area (Å²) in [6.45, 7) is 18.7. The van der Waals surface area contributed by atoms with Crippen LogP contribution in [0.1, 0.15) is 134 Å². The molecule has 0 aromatic heterocycles. The minimum atomic E-state index is -0.703. The molecule has 5 heterocycles.